The number of nitrogens with zero attached hydrogens (tertiary/aromatic N) is 3. The zero-order valence-corrected chi connectivity index (χ0v) is 17.7. The molecule has 6 nitrogen and oxygen atoms in total. The van der Waals surface area contributed by atoms with Gasteiger partial charge < -0.3 is 9.64 Å². The molecule has 1 fully saturated rings. The predicted molar refractivity (Wildman–Crippen MR) is 116 cm³/mol. The van der Waals surface area contributed by atoms with Gasteiger partial charge in [0.15, 0.2) is 0 Å². The molecule has 0 aliphatic carbocycles. The number of fused-ring (bicyclic) bond motifs is 1. The molecule has 4 rings (SSSR count). The number of aliphatic imine (C=N–C) groups is 1. The molecule has 0 bridgehead atoms. The molecule has 1 aromatic carbocycles. The number of carbonyl (C=O) groups excluding carboxylic acids is 2. The minimum absolute atomic E-state index is 0.0332. The first kappa shape index (κ1) is 20.4. The van der Waals surface area contributed by atoms with E-state index in [1.165, 1.54) is 10.5 Å². The van der Waals surface area contributed by atoms with E-state index >= 15 is 0 Å². The zero-order valence-electron chi connectivity index (χ0n) is 17.7. The smallest absolute Gasteiger partial charge is 0.250 e. The first-order valence-electron chi connectivity index (χ1n) is 10.7. The molecule has 0 N–H and O–H groups in total. The molecule has 1 saturated heterocycles. The Morgan fingerprint density at radius 3 is 2.77 bits per heavy atom. The lowest BCUT2D eigenvalue weighted by Crippen LogP contribution is -2.54. The fourth-order valence-electron chi connectivity index (χ4n) is 4.57. The Balaban J connectivity index is 1.35. The van der Waals surface area contributed by atoms with Crippen molar-refractivity contribution in [2.75, 3.05) is 20.2 Å². The van der Waals surface area contributed by atoms with Crippen molar-refractivity contribution >= 4 is 17.6 Å². The Labute approximate surface area is 177 Å². The number of hydrogen-bond acceptors (Lipinski definition) is 4. The minimum Gasteiger partial charge on any atom is -0.496 e. The van der Waals surface area contributed by atoms with Crippen LogP contribution in [-0.2, 0) is 16.0 Å². The predicted octanol–water partition coefficient (Wildman–Crippen LogP) is 3.34. The van der Waals surface area contributed by atoms with Gasteiger partial charge in [0.25, 0.3) is 5.91 Å². The maximum absolute atomic E-state index is 13.3. The Kier molecular flexibility index (Phi) is 5.75. The average Bonchev–Trinajstić information content (AvgIpc) is 2.77. The Bertz CT molecular complexity index is 912. The van der Waals surface area contributed by atoms with E-state index in [1.807, 2.05) is 29.2 Å². The number of benzene rings is 1. The van der Waals surface area contributed by atoms with E-state index < -0.39 is 5.54 Å². The van der Waals surface area contributed by atoms with Crippen molar-refractivity contribution in [3.05, 3.63) is 54.3 Å². The van der Waals surface area contributed by atoms with Gasteiger partial charge in [-0.3, -0.25) is 19.5 Å². The summed E-state index contributed by atoms with van der Waals surface area (Å²) in [5, 5.41) is 0. The molecule has 0 unspecified atom stereocenters. The topological polar surface area (TPSA) is 62.2 Å². The molecular weight excluding hydrogens is 378 g/mol. The molecular formula is C24H29N3O3. The normalized spacial score (nSPS) is 23.9. The average molecular weight is 408 g/mol. The van der Waals surface area contributed by atoms with E-state index in [1.54, 1.807) is 32.4 Å². The SMILES string of the molecule is COc1ccccc1CCC1CCN(C(=O)[C@@]2(C)CC(=O)N3C=CC=CC3=N2)CC1. The summed E-state index contributed by atoms with van der Waals surface area (Å²) in [6, 6.07) is 8.16. The Hall–Kier alpha value is -2.89. The third kappa shape index (κ3) is 4.04. The Morgan fingerprint density at radius 2 is 2.00 bits per heavy atom. The molecule has 3 aliphatic rings. The second-order valence-electron chi connectivity index (χ2n) is 8.47. The van der Waals surface area contributed by atoms with Gasteiger partial charge in [0.1, 0.15) is 17.1 Å². The lowest BCUT2D eigenvalue weighted by molar-refractivity contribution is -0.142. The molecule has 0 aromatic heterocycles. The maximum Gasteiger partial charge on any atom is 0.250 e. The molecule has 1 aromatic rings. The number of carbonyl (C=O) groups is 2. The van der Waals surface area contributed by atoms with Gasteiger partial charge in [-0.05, 0) is 62.3 Å². The van der Waals surface area contributed by atoms with Crippen molar-refractivity contribution in [1.82, 2.24) is 9.80 Å². The highest BCUT2D eigenvalue weighted by Gasteiger charge is 2.44. The van der Waals surface area contributed by atoms with Crippen molar-refractivity contribution in [3.63, 3.8) is 0 Å². The van der Waals surface area contributed by atoms with Crippen LogP contribution >= 0.6 is 0 Å². The van der Waals surface area contributed by atoms with Crippen LogP contribution in [0.3, 0.4) is 0 Å². The quantitative estimate of drug-likeness (QED) is 0.752. The van der Waals surface area contributed by atoms with Crippen molar-refractivity contribution in [2.45, 2.75) is 44.6 Å². The van der Waals surface area contributed by atoms with Crippen LogP contribution in [0.2, 0.25) is 0 Å². The number of ether oxygens (including phenoxy) is 1. The van der Waals surface area contributed by atoms with Crippen molar-refractivity contribution in [3.8, 4) is 5.75 Å². The van der Waals surface area contributed by atoms with E-state index in [0.717, 1.165) is 44.5 Å². The van der Waals surface area contributed by atoms with E-state index in [2.05, 4.69) is 11.1 Å². The zero-order chi connectivity index (χ0) is 21.1. The van der Waals surface area contributed by atoms with Gasteiger partial charge in [0, 0.05) is 19.3 Å². The van der Waals surface area contributed by atoms with Crippen LogP contribution in [0.5, 0.6) is 5.75 Å². The van der Waals surface area contributed by atoms with E-state index in [0.29, 0.717) is 11.8 Å². The third-order valence-corrected chi connectivity index (χ3v) is 6.34. The molecule has 0 spiro atoms. The summed E-state index contributed by atoms with van der Waals surface area (Å²) in [5.74, 6) is 1.97. The fraction of sp³-hybridized carbons (Fsp3) is 0.458. The number of methoxy groups -OCH3 is 1. The molecule has 6 heteroatoms. The van der Waals surface area contributed by atoms with E-state index in [-0.39, 0.29) is 18.2 Å². The van der Waals surface area contributed by atoms with Crippen molar-refractivity contribution in [1.29, 1.82) is 0 Å². The Morgan fingerprint density at radius 1 is 1.23 bits per heavy atom. The number of para-hydroxylation sites is 1. The molecule has 0 radical (unpaired) electrons. The van der Waals surface area contributed by atoms with Crippen LogP contribution in [0.1, 0.15) is 38.2 Å². The second kappa shape index (κ2) is 8.46. The minimum atomic E-state index is -1.01. The monoisotopic (exact) mass is 407 g/mol. The number of rotatable bonds is 5. The molecule has 0 saturated carbocycles. The van der Waals surface area contributed by atoms with Gasteiger partial charge in [0.05, 0.1) is 13.5 Å². The number of aryl methyl sites for hydroxylation is 1. The molecule has 158 valence electrons. The summed E-state index contributed by atoms with van der Waals surface area (Å²) < 4.78 is 5.45. The van der Waals surface area contributed by atoms with E-state index in [4.69, 9.17) is 4.74 Å². The fourth-order valence-corrected chi connectivity index (χ4v) is 4.57. The first-order valence-corrected chi connectivity index (χ1v) is 10.7. The number of amides is 2. The lowest BCUT2D eigenvalue weighted by atomic mass is 9.88. The second-order valence-corrected chi connectivity index (χ2v) is 8.47. The maximum atomic E-state index is 13.3. The van der Waals surface area contributed by atoms with Gasteiger partial charge in [0.2, 0.25) is 5.91 Å². The summed E-state index contributed by atoms with van der Waals surface area (Å²) >= 11 is 0. The highest BCUT2D eigenvalue weighted by Crippen LogP contribution is 2.31. The summed E-state index contributed by atoms with van der Waals surface area (Å²) in [4.78, 5) is 33.9. The summed E-state index contributed by atoms with van der Waals surface area (Å²) in [6.07, 6.45) is 11.3. The van der Waals surface area contributed by atoms with Gasteiger partial charge in [-0.15, -0.1) is 0 Å². The number of amidine groups is 1. The lowest BCUT2D eigenvalue weighted by Gasteiger charge is -2.39. The molecule has 2 amide bonds. The summed E-state index contributed by atoms with van der Waals surface area (Å²) in [7, 11) is 1.71. The number of allylic oxidation sites excluding steroid dienone is 2. The summed E-state index contributed by atoms with van der Waals surface area (Å²) in [5.41, 5.74) is 0.226. The highest BCUT2D eigenvalue weighted by atomic mass is 16.5. The van der Waals surface area contributed by atoms with Gasteiger partial charge in [-0.1, -0.05) is 24.3 Å². The number of hydrogen-bond donors (Lipinski definition) is 0. The van der Waals surface area contributed by atoms with Crippen LogP contribution in [0.4, 0.5) is 0 Å². The summed E-state index contributed by atoms with van der Waals surface area (Å²) in [6.45, 7) is 3.24. The largest absolute Gasteiger partial charge is 0.496 e. The van der Waals surface area contributed by atoms with Crippen molar-refractivity contribution in [2.24, 2.45) is 10.9 Å². The molecule has 3 aliphatic heterocycles. The number of likely N-dealkylation sites (tertiary alicyclic amines) is 1. The van der Waals surface area contributed by atoms with Crippen LogP contribution < -0.4 is 4.74 Å². The third-order valence-electron chi connectivity index (χ3n) is 6.34. The van der Waals surface area contributed by atoms with Gasteiger partial charge in [-0.25, -0.2) is 0 Å². The van der Waals surface area contributed by atoms with Crippen LogP contribution in [-0.4, -0.2) is 53.2 Å². The number of piperidine rings is 1. The van der Waals surface area contributed by atoms with Crippen LogP contribution in [0, 0.1) is 5.92 Å². The van der Waals surface area contributed by atoms with E-state index in [9.17, 15) is 9.59 Å². The molecule has 3 heterocycles. The van der Waals surface area contributed by atoms with Gasteiger partial charge >= 0.3 is 0 Å². The molecule has 30 heavy (non-hydrogen) atoms. The first-order chi connectivity index (χ1) is 14.5. The van der Waals surface area contributed by atoms with Crippen LogP contribution in [0.15, 0.2) is 53.7 Å². The van der Waals surface area contributed by atoms with Gasteiger partial charge in [-0.2, -0.15) is 0 Å². The molecule has 1 atom stereocenters. The highest BCUT2D eigenvalue weighted by molar-refractivity contribution is 6.11. The van der Waals surface area contributed by atoms with Crippen molar-refractivity contribution < 1.29 is 14.3 Å². The standard InChI is InChI=1S/C24H29N3O3/c1-24(17-22(28)27-14-6-5-9-21(27)25-24)23(29)26-15-12-18(13-16-26)10-11-19-7-3-4-8-20(19)30-2/h3-9,14,18H,10-13,15-17H2,1-2H3/t24-/m1/s1. The van der Waals surface area contributed by atoms with Crippen LogP contribution in [0.25, 0.3) is 0 Å².